The van der Waals surface area contributed by atoms with Crippen LogP contribution in [0.5, 0.6) is 0 Å². The van der Waals surface area contributed by atoms with Crippen LogP contribution in [-0.4, -0.2) is 62.5 Å². The van der Waals surface area contributed by atoms with Gasteiger partial charge in [-0.25, -0.2) is 0 Å². The SMILES string of the molecule is CCC(C)(C)C(=O)NCCS(=O)(=O)O.CCC(C)(C)C(=O)OCCCS(=O)(=O)O. The highest BCUT2D eigenvalue weighted by atomic mass is 32.2. The molecule has 3 N–H and O–H groups in total. The molecule has 12 heteroatoms. The van der Waals surface area contributed by atoms with Gasteiger partial charge in [-0.3, -0.25) is 18.7 Å². The Morgan fingerprint density at radius 1 is 0.862 bits per heavy atom. The summed E-state index contributed by atoms with van der Waals surface area (Å²) in [6.45, 7) is 10.8. The Morgan fingerprint density at radius 2 is 1.31 bits per heavy atom. The van der Waals surface area contributed by atoms with Crippen LogP contribution < -0.4 is 5.32 Å². The molecule has 0 rings (SSSR count). The minimum atomic E-state index is -3.99. The Morgan fingerprint density at radius 3 is 1.69 bits per heavy atom. The highest BCUT2D eigenvalue weighted by molar-refractivity contribution is 7.86. The summed E-state index contributed by atoms with van der Waals surface area (Å²) in [4.78, 5) is 22.8. The van der Waals surface area contributed by atoms with Gasteiger partial charge >= 0.3 is 5.97 Å². The maximum absolute atomic E-state index is 11.4. The molecule has 0 radical (unpaired) electrons. The Kier molecular flexibility index (Phi) is 12.9. The summed E-state index contributed by atoms with van der Waals surface area (Å²) in [5, 5.41) is 2.45. The molecular formula is C17H35NO9S2. The highest BCUT2D eigenvalue weighted by Gasteiger charge is 2.27. The smallest absolute Gasteiger partial charge is 0.311 e. The topological polar surface area (TPSA) is 164 Å². The standard InChI is InChI=1S/C9H18O5S.C8H17NO4S/c1-4-9(2,3)8(10)14-6-5-7-15(11,12)13;1-4-8(2,3)7(10)9-5-6-14(11,12)13/h4-7H2,1-3H3,(H,11,12,13);4-6H2,1-3H3,(H,9,10)(H,11,12,13). The first-order valence-electron chi connectivity index (χ1n) is 9.24. The van der Waals surface area contributed by atoms with Crippen LogP contribution in [0.1, 0.15) is 60.8 Å². The number of nitrogens with one attached hydrogen (secondary N) is 1. The third kappa shape index (κ3) is 16.3. The Balaban J connectivity index is 0. The van der Waals surface area contributed by atoms with Crippen molar-refractivity contribution in [1.82, 2.24) is 5.32 Å². The molecule has 0 aliphatic rings. The van der Waals surface area contributed by atoms with Gasteiger partial charge in [-0.15, -0.1) is 0 Å². The zero-order chi connectivity index (χ0) is 23.5. The fraction of sp³-hybridized carbons (Fsp3) is 0.882. The van der Waals surface area contributed by atoms with E-state index in [1.54, 1.807) is 27.7 Å². The molecule has 0 aromatic carbocycles. The monoisotopic (exact) mass is 461 g/mol. The van der Waals surface area contributed by atoms with Crippen LogP contribution in [0.25, 0.3) is 0 Å². The van der Waals surface area contributed by atoms with Gasteiger partial charge in [0, 0.05) is 12.0 Å². The van der Waals surface area contributed by atoms with E-state index in [2.05, 4.69) is 5.32 Å². The maximum Gasteiger partial charge on any atom is 0.311 e. The average Bonchev–Trinajstić information content (AvgIpc) is 2.56. The highest BCUT2D eigenvalue weighted by Crippen LogP contribution is 2.21. The number of carbonyl (C=O) groups is 2. The third-order valence-corrected chi connectivity index (χ3v) is 5.89. The van der Waals surface area contributed by atoms with Gasteiger partial charge in [0.05, 0.1) is 23.5 Å². The Bertz CT molecular complexity index is 726. The lowest BCUT2D eigenvalue weighted by atomic mass is 9.89. The van der Waals surface area contributed by atoms with Gasteiger partial charge in [-0.05, 0) is 33.1 Å². The minimum Gasteiger partial charge on any atom is -0.465 e. The summed E-state index contributed by atoms with van der Waals surface area (Å²) < 4.78 is 63.1. The van der Waals surface area contributed by atoms with Gasteiger partial charge in [-0.1, -0.05) is 27.7 Å². The molecule has 0 atom stereocenters. The third-order valence-electron chi connectivity index (χ3n) is 4.36. The Labute approximate surface area is 174 Å². The quantitative estimate of drug-likeness (QED) is 0.236. The lowest BCUT2D eigenvalue weighted by molar-refractivity contribution is -0.154. The van der Waals surface area contributed by atoms with Crippen molar-refractivity contribution >= 4 is 32.1 Å². The number of amides is 1. The van der Waals surface area contributed by atoms with Crippen LogP contribution in [0.2, 0.25) is 0 Å². The molecule has 174 valence electrons. The molecule has 29 heavy (non-hydrogen) atoms. The number of rotatable bonds is 11. The van der Waals surface area contributed by atoms with Crippen molar-refractivity contribution in [3.8, 4) is 0 Å². The van der Waals surface area contributed by atoms with E-state index in [0.29, 0.717) is 12.8 Å². The number of hydrogen-bond acceptors (Lipinski definition) is 7. The summed E-state index contributed by atoms with van der Waals surface area (Å²) in [7, 11) is -7.94. The summed E-state index contributed by atoms with van der Waals surface area (Å²) in [6.07, 6.45) is 1.44. The van der Waals surface area contributed by atoms with E-state index in [-0.39, 0.29) is 37.2 Å². The number of esters is 1. The van der Waals surface area contributed by atoms with Crippen LogP contribution in [0, 0.1) is 10.8 Å². The molecule has 0 fully saturated rings. The van der Waals surface area contributed by atoms with Crippen molar-refractivity contribution in [2.45, 2.75) is 60.8 Å². The second-order valence-corrected chi connectivity index (χ2v) is 10.9. The fourth-order valence-electron chi connectivity index (χ4n) is 1.44. The molecule has 0 heterocycles. The molecule has 1 amide bonds. The predicted molar refractivity (Wildman–Crippen MR) is 110 cm³/mol. The van der Waals surface area contributed by atoms with Crippen LogP contribution in [0.15, 0.2) is 0 Å². The van der Waals surface area contributed by atoms with Gasteiger partial charge < -0.3 is 10.1 Å². The number of ether oxygens (including phenoxy) is 1. The minimum absolute atomic E-state index is 0.0159. The van der Waals surface area contributed by atoms with E-state index in [4.69, 9.17) is 13.8 Å². The summed E-state index contributed by atoms with van der Waals surface area (Å²) >= 11 is 0. The van der Waals surface area contributed by atoms with E-state index in [1.807, 2.05) is 13.8 Å². The lowest BCUT2D eigenvalue weighted by Crippen LogP contribution is -2.38. The molecule has 0 aliphatic heterocycles. The van der Waals surface area contributed by atoms with Crippen LogP contribution >= 0.6 is 0 Å². The number of carbonyl (C=O) groups excluding carboxylic acids is 2. The summed E-state index contributed by atoms with van der Waals surface area (Å²) in [5.74, 6) is -1.38. The predicted octanol–water partition coefficient (Wildman–Crippen LogP) is 1.67. The second kappa shape index (κ2) is 12.5. The fourth-order valence-corrected chi connectivity index (χ4v) is 2.28. The number of hydrogen-bond donors (Lipinski definition) is 3. The molecule has 0 bridgehead atoms. The largest absolute Gasteiger partial charge is 0.465 e. The van der Waals surface area contributed by atoms with Gasteiger partial charge in [0.15, 0.2) is 0 Å². The van der Waals surface area contributed by atoms with E-state index >= 15 is 0 Å². The molecule has 0 aliphatic carbocycles. The molecule has 0 unspecified atom stereocenters. The van der Waals surface area contributed by atoms with Gasteiger partial charge in [-0.2, -0.15) is 16.8 Å². The molecule has 0 spiro atoms. The van der Waals surface area contributed by atoms with Crippen molar-refractivity contribution in [2.75, 3.05) is 24.7 Å². The first-order chi connectivity index (χ1) is 12.9. The van der Waals surface area contributed by atoms with Gasteiger partial charge in [0.1, 0.15) is 0 Å². The molecule has 10 nitrogen and oxygen atoms in total. The summed E-state index contributed by atoms with van der Waals surface area (Å²) in [5.41, 5.74) is -1.04. The summed E-state index contributed by atoms with van der Waals surface area (Å²) in [6, 6.07) is 0. The van der Waals surface area contributed by atoms with Crippen molar-refractivity contribution in [1.29, 1.82) is 0 Å². The molecular weight excluding hydrogens is 426 g/mol. The normalized spacial score (nSPS) is 12.6. The van der Waals surface area contributed by atoms with Crippen molar-refractivity contribution in [3.05, 3.63) is 0 Å². The van der Waals surface area contributed by atoms with E-state index in [0.717, 1.165) is 0 Å². The molecule has 0 saturated carbocycles. The van der Waals surface area contributed by atoms with Crippen molar-refractivity contribution in [2.24, 2.45) is 10.8 Å². The van der Waals surface area contributed by atoms with Crippen molar-refractivity contribution < 1.29 is 40.3 Å². The van der Waals surface area contributed by atoms with Crippen LogP contribution in [0.4, 0.5) is 0 Å². The van der Waals surface area contributed by atoms with Gasteiger partial charge in [0.2, 0.25) is 5.91 Å². The molecule has 0 saturated heterocycles. The first kappa shape index (κ1) is 30.0. The Hall–Kier alpha value is -1.24. The maximum atomic E-state index is 11.4. The zero-order valence-electron chi connectivity index (χ0n) is 18.0. The average molecular weight is 462 g/mol. The van der Waals surface area contributed by atoms with Gasteiger partial charge in [0.25, 0.3) is 20.2 Å². The van der Waals surface area contributed by atoms with Crippen molar-refractivity contribution in [3.63, 3.8) is 0 Å². The van der Waals surface area contributed by atoms with E-state index in [1.165, 1.54) is 0 Å². The second-order valence-electron chi connectivity index (χ2n) is 7.79. The van der Waals surface area contributed by atoms with Crippen LogP contribution in [0.3, 0.4) is 0 Å². The van der Waals surface area contributed by atoms with E-state index < -0.39 is 36.8 Å². The zero-order valence-corrected chi connectivity index (χ0v) is 19.7. The molecule has 0 aromatic heterocycles. The van der Waals surface area contributed by atoms with Crippen LogP contribution in [-0.2, 0) is 34.6 Å². The lowest BCUT2D eigenvalue weighted by Gasteiger charge is -2.21. The van der Waals surface area contributed by atoms with E-state index in [9.17, 15) is 26.4 Å². The molecule has 0 aromatic rings. The first-order valence-corrected chi connectivity index (χ1v) is 12.5.